The number of nitrogens with zero attached hydrogens (tertiary/aromatic N) is 3. The first-order valence-corrected chi connectivity index (χ1v) is 11.6. The molecule has 29 heavy (non-hydrogen) atoms. The highest BCUT2D eigenvalue weighted by atomic mass is 35.5. The third kappa shape index (κ3) is 5.01. The minimum atomic E-state index is -0.349. The number of aromatic nitrogens is 3. The molecule has 3 heterocycles. The van der Waals surface area contributed by atoms with Crippen LogP contribution < -0.4 is 5.32 Å². The van der Waals surface area contributed by atoms with E-state index < -0.39 is 0 Å². The SMILES string of the molecule is CC(Sc1nnc(-c2cccs2)n1CC1CCCO1)C(=O)Nc1cccc(Cl)c1. The van der Waals surface area contributed by atoms with Gasteiger partial charge >= 0.3 is 0 Å². The molecule has 0 aliphatic carbocycles. The van der Waals surface area contributed by atoms with Gasteiger partial charge in [0.25, 0.3) is 0 Å². The lowest BCUT2D eigenvalue weighted by Crippen LogP contribution is -2.23. The second-order valence-electron chi connectivity index (χ2n) is 6.79. The van der Waals surface area contributed by atoms with Crippen molar-refractivity contribution in [2.24, 2.45) is 0 Å². The van der Waals surface area contributed by atoms with Crippen LogP contribution in [0.25, 0.3) is 10.7 Å². The molecule has 0 radical (unpaired) electrons. The predicted molar refractivity (Wildman–Crippen MR) is 118 cm³/mol. The number of rotatable bonds is 7. The quantitative estimate of drug-likeness (QED) is 0.517. The summed E-state index contributed by atoms with van der Waals surface area (Å²) in [6.45, 7) is 3.34. The molecule has 1 aliphatic rings. The largest absolute Gasteiger partial charge is 0.376 e. The zero-order valence-electron chi connectivity index (χ0n) is 15.9. The Balaban J connectivity index is 1.51. The molecular weight excluding hydrogens is 428 g/mol. The summed E-state index contributed by atoms with van der Waals surface area (Å²) in [6, 6.07) is 11.2. The molecule has 1 N–H and O–H groups in total. The van der Waals surface area contributed by atoms with Crippen LogP contribution in [0.15, 0.2) is 46.9 Å². The van der Waals surface area contributed by atoms with Gasteiger partial charge in [0.15, 0.2) is 11.0 Å². The van der Waals surface area contributed by atoms with Gasteiger partial charge < -0.3 is 10.1 Å². The Kier molecular flexibility index (Phi) is 6.54. The third-order valence-corrected chi connectivity index (χ3v) is 6.79. The van der Waals surface area contributed by atoms with E-state index in [1.807, 2.05) is 30.5 Å². The second-order valence-corrected chi connectivity index (χ2v) is 9.48. The Bertz CT molecular complexity index is 971. The molecule has 2 aromatic heterocycles. The van der Waals surface area contributed by atoms with Gasteiger partial charge in [-0.15, -0.1) is 21.5 Å². The Morgan fingerprint density at radius 2 is 2.31 bits per heavy atom. The van der Waals surface area contributed by atoms with Crippen LogP contribution in [-0.2, 0) is 16.1 Å². The number of thiophene rings is 1. The van der Waals surface area contributed by atoms with Crippen LogP contribution in [0.3, 0.4) is 0 Å². The molecule has 0 bridgehead atoms. The van der Waals surface area contributed by atoms with E-state index in [1.165, 1.54) is 11.8 Å². The summed E-state index contributed by atoms with van der Waals surface area (Å²) in [5.74, 6) is 0.710. The average Bonchev–Trinajstić information content (AvgIpc) is 3.45. The Morgan fingerprint density at radius 3 is 3.03 bits per heavy atom. The van der Waals surface area contributed by atoms with Crippen LogP contribution in [0, 0.1) is 0 Å². The number of amides is 1. The zero-order chi connectivity index (χ0) is 20.2. The number of hydrogen-bond donors (Lipinski definition) is 1. The maximum absolute atomic E-state index is 12.7. The summed E-state index contributed by atoms with van der Waals surface area (Å²) in [4.78, 5) is 13.7. The Hall–Kier alpha value is -1.87. The summed E-state index contributed by atoms with van der Waals surface area (Å²) in [5.41, 5.74) is 0.676. The number of thioether (sulfide) groups is 1. The van der Waals surface area contributed by atoms with E-state index in [-0.39, 0.29) is 17.3 Å². The van der Waals surface area contributed by atoms with Gasteiger partial charge in [-0.3, -0.25) is 9.36 Å². The van der Waals surface area contributed by atoms with E-state index in [2.05, 4.69) is 20.1 Å². The molecule has 1 aromatic carbocycles. The van der Waals surface area contributed by atoms with Crippen LogP contribution in [0.4, 0.5) is 5.69 Å². The van der Waals surface area contributed by atoms with E-state index in [0.29, 0.717) is 17.3 Å². The lowest BCUT2D eigenvalue weighted by molar-refractivity contribution is -0.115. The second kappa shape index (κ2) is 9.30. The summed E-state index contributed by atoms with van der Waals surface area (Å²) in [5, 5.41) is 14.7. The average molecular weight is 449 g/mol. The van der Waals surface area contributed by atoms with E-state index in [1.54, 1.807) is 29.5 Å². The topological polar surface area (TPSA) is 69.0 Å². The molecule has 0 saturated carbocycles. The number of benzene rings is 1. The van der Waals surface area contributed by atoms with Crippen molar-refractivity contribution < 1.29 is 9.53 Å². The highest BCUT2D eigenvalue weighted by molar-refractivity contribution is 8.00. The van der Waals surface area contributed by atoms with Crippen LogP contribution >= 0.6 is 34.7 Å². The zero-order valence-corrected chi connectivity index (χ0v) is 18.3. The summed E-state index contributed by atoms with van der Waals surface area (Å²) in [7, 11) is 0. The normalized spacial score (nSPS) is 17.4. The molecule has 0 spiro atoms. The molecule has 152 valence electrons. The van der Waals surface area contributed by atoms with E-state index in [9.17, 15) is 4.79 Å². The fraction of sp³-hybridized carbons (Fsp3) is 0.350. The molecule has 2 atom stereocenters. The maximum Gasteiger partial charge on any atom is 0.237 e. The molecule has 6 nitrogen and oxygen atoms in total. The van der Waals surface area contributed by atoms with E-state index in [4.69, 9.17) is 16.3 Å². The van der Waals surface area contributed by atoms with Crippen molar-refractivity contribution in [3.05, 3.63) is 46.8 Å². The molecular formula is C20H21ClN4O2S2. The van der Waals surface area contributed by atoms with Crippen molar-refractivity contribution in [2.75, 3.05) is 11.9 Å². The van der Waals surface area contributed by atoms with Crippen molar-refractivity contribution in [1.29, 1.82) is 0 Å². The smallest absolute Gasteiger partial charge is 0.237 e. The Labute approximate surface area is 182 Å². The van der Waals surface area contributed by atoms with E-state index >= 15 is 0 Å². The summed E-state index contributed by atoms with van der Waals surface area (Å²) in [6.07, 6.45) is 2.25. The van der Waals surface area contributed by atoms with Gasteiger partial charge in [0.1, 0.15) is 0 Å². The van der Waals surface area contributed by atoms with Gasteiger partial charge in [0.05, 0.1) is 22.8 Å². The monoisotopic (exact) mass is 448 g/mol. The van der Waals surface area contributed by atoms with Crippen molar-refractivity contribution in [1.82, 2.24) is 14.8 Å². The lowest BCUT2D eigenvalue weighted by Gasteiger charge is -2.16. The summed E-state index contributed by atoms with van der Waals surface area (Å²) < 4.78 is 7.90. The fourth-order valence-electron chi connectivity index (χ4n) is 3.14. The lowest BCUT2D eigenvalue weighted by atomic mass is 10.2. The first-order valence-electron chi connectivity index (χ1n) is 9.42. The van der Waals surface area contributed by atoms with Crippen molar-refractivity contribution in [2.45, 2.75) is 42.8 Å². The number of ether oxygens (including phenoxy) is 1. The minimum Gasteiger partial charge on any atom is -0.376 e. The molecule has 3 aromatic rings. The van der Waals surface area contributed by atoms with E-state index in [0.717, 1.165) is 35.3 Å². The van der Waals surface area contributed by atoms with Gasteiger partial charge in [-0.2, -0.15) is 0 Å². The van der Waals surface area contributed by atoms with Gasteiger partial charge in [0.2, 0.25) is 5.91 Å². The third-order valence-electron chi connectivity index (χ3n) is 4.61. The standard InChI is InChI=1S/C20H21ClN4O2S2/c1-13(19(26)22-15-6-2-5-14(21)11-15)29-20-24-23-18(17-8-4-10-28-17)25(20)12-16-7-3-9-27-16/h2,4-6,8,10-11,13,16H,3,7,9,12H2,1H3,(H,22,26). The first kappa shape index (κ1) is 20.4. The molecule has 1 fully saturated rings. The van der Waals surface area contributed by atoms with Gasteiger partial charge in [-0.05, 0) is 49.4 Å². The van der Waals surface area contributed by atoms with Crippen molar-refractivity contribution in [3.63, 3.8) is 0 Å². The first-order chi connectivity index (χ1) is 14.1. The molecule has 4 rings (SSSR count). The fourth-order valence-corrected chi connectivity index (χ4v) is 4.91. The molecule has 2 unspecified atom stereocenters. The van der Waals surface area contributed by atoms with Crippen molar-refractivity contribution >= 4 is 46.3 Å². The van der Waals surface area contributed by atoms with Crippen LogP contribution in [-0.4, -0.2) is 38.6 Å². The van der Waals surface area contributed by atoms with Gasteiger partial charge in [-0.25, -0.2) is 0 Å². The number of hydrogen-bond acceptors (Lipinski definition) is 6. The highest BCUT2D eigenvalue weighted by Crippen LogP contribution is 2.31. The Morgan fingerprint density at radius 1 is 1.41 bits per heavy atom. The van der Waals surface area contributed by atoms with Crippen LogP contribution in [0.1, 0.15) is 19.8 Å². The maximum atomic E-state index is 12.7. The number of nitrogens with one attached hydrogen (secondary N) is 1. The summed E-state index contributed by atoms with van der Waals surface area (Å²) >= 11 is 9.02. The predicted octanol–water partition coefficient (Wildman–Crippen LogP) is 4.96. The minimum absolute atomic E-state index is 0.110. The molecule has 1 amide bonds. The van der Waals surface area contributed by atoms with Crippen LogP contribution in [0.2, 0.25) is 5.02 Å². The highest BCUT2D eigenvalue weighted by Gasteiger charge is 2.25. The van der Waals surface area contributed by atoms with Crippen molar-refractivity contribution in [3.8, 4) is 10.7 Å². The number of carbonyl (C=O) groups excluding carboxylic acids is 1. The molecule has 1 aliphatic heterocycles. The number of anilines is 1. The number of halogens is 1. The molecule has 9 heteroatoms. The number of carbonyl (C=O) groups is 1. The van der Waals surface area contributed by atoms with Gasteiger partial charge in [-0.1, -0.05) is 35.5 Å². The van der Waals surface area contributed by atoms with Crippen LogP contribution in [0.5, 0.6) is 0 Å². The van der Waals surface area contributed by atoms with Gasteiger partial charge in [0, 0.05) is 17.3 Å². The molecule has 1 saturated heterocycles.